The molecule has 2 atom stereocenters. The number of carbonyl (C=O) groups excluding carboxylic acids is 1. The molecule has 0 saturated carbocycles. The summed E-state index contributed by atoms with van der Waals surface area (Å²) in [7, 11) is -1.66. The standard InChI is InChI=1S/C23H40N2O3Si/c1-7-20(15-11-12-16-28-29(5,6)23(2,3)4)24-25-21(18-27-22(25)26)17-19-13-9-8-10-14-19/h8-10,13-14,20-21,24H,7,11-12,15-18H2,1-6H3/t20-,21+/m1/s1. The fourth-order valence-electron chi connectivity index (χ4n) is 3.25. The van der Waals surface area contributed by atoms with Gasteiger partial charge in [0.05, 0.1) is 6.04 Å². The largest absolute Gasteiger partial charge is 0.446 e. The van der Waals surface area contributed by atoms with E-state index in [1.807, 2.05) is 18.2 Å². The number of hydrogen-bond donors (Lipinski definition) is 1. The first-order chi connectivity index (χ1) is 13.6. The van der Waals surface area contributed by atoms with Crippen LogP contribution < -0.4 is 5.43 Å². The van der Waals surface area contributed by atoms with Crippen molar-refractivity contribution in [1.29, 1.82) is 0 Å². The Morgan fingerprint density at radius 2 is 1.93 bits per heavy atom. The summed E-state index contributed by atoms with van der Waals surface area (Å²) in [6, 6.07) is 10.6. The highest BCUT2D eigenvalue weighted by Crippen LogP contribution is 2.36. The predicted molar refractivity (Wildman–Crippen MR) is 121 cm³/mol. The van der Waals surface area contributed by atoms with E-state index in [0.29, 0.717) is 6.61 Å². The average molecular weight is 421 g/mol. The highest BCUT2D eigenvalue weighted by molar-refractivity contribution is 6.74. The van der Waals surface area contributed by atoms with Crippen LogP contribution in [0.5, 0.6) is 0 Å². The lowest BCUT2D eigenvalue weighted by Gasteiger charge is -2.36. The normalized spacial score (nSPS) is 18.8. The van der Waals surface area contributed by atoms with Crippen LogP contribution in [0.25, 0.3) is 0 Å². The second-order valence-corrected chi connectivity index (χ2v) is 14.4. The summed E-state index contributed by atoms with van der Waals surface area (Å²) >= 11 is 0. The molecule has 1 aromatic rings. The van der Waals surface area contributed by atoms with Crippen molar-refractivity contribution < 1.29 is 14.0 Å². The Morgan fingerprint density at radius 3 is 2.55 bits per heavy atom. The lowest BCUT2D eigenvalue weighted by Crippen LogP contribution is -2.50. The maximum absolute atomic E-state index is 12.2. The minimum absolute atomic E-state index is 0.0425. The van der Waals surface area contributed by atoms with E-state index in [1.54, 1.807) is 5.01 Å². The van der Waals surface area contributed by atoms with Gasteiger partial charge in [0.15, 0.2) is 8.32 Å². The number of nitrogens with one attached hydrogen (secondary N) is 1. The molecule has 0 aromatic heterocycles. The molecule has 1 aromatic carbocycles. The third kappa shape index (κ3) is 7.12. The third-order valence-electron chi connectivity index (χ3n) is 6.31. The van der Waals surface area contributed by atoms with Crippen LogP contribution >= 0.6 is 0 Å². The molecule has 164 valence electrons. The first-order valence-electron chi connectivity index (χ1n) is 11.0. The van der Waals surface area contributed by atoms with Crippen LogP contribution in [-0.2, 0) is 15.6 Å². The van der Waals surface area contributed by atoms with Crippen molar-refractivity contribution >= 4 is 14.4 Å². The Hall–Kier alpha value is -1.37. The maximum Gasteiger partial charge on any atom is 0.424 e. The van der Waals surface area contributed by atoms with Gasteiger partial charge in [-0.2, -0.15) is 0 Å². The smallest absolute Gasteiger partial charge is 0.424 e. The molecule has 0 radical (unpaired) electrons. The van der Waals surface area contributed by atoms with Crippen LogP contribution in [0, 0.1) is 0 Å². The SMILES string of the molecule is CC[C@H](CCCCO[Si](C)(C)C(C)(C)C)NN1C(=O)OC[C@@H]1Cc1ccccc1. The van der Waals surface area contributed by atoms with E-state index in [1.165, 1.54) is 5.56 Å². The summed E-state index contributed by atoms with van der Waals surface area (Å²) in [5.74, 6) is 0. The lowest BCUT2D eigenvalue weighted by molar-refractivity contribution is 0.127. The fraction of sp³-hybridized carbons (Fsp3) is 0.696. The molecule has 1 fully saturated rings. The van der Waals surface area contributed by atoms with Gasteiger partial charge in [-0.15, -0.1) is 0 Å². The molecule has 0 bridgehead atoms. The fourth-order valence-corrected chi connectivity index (χ4v) is 4.34. The maximum atomic E-state index is 12.2. The van der Waals surface area contributed by atoms with Gasteiger partial charge in [-0.1, -0.05) is 58.0 Å². The number of benzene rings is 1. The lowest BCUT2D eigenvalue weighted by atomic mass is 10.1. The van der Waals surface area contributed by atoms with Gasteiger partial charge >= 0.3 is 6.09 Å². The highest BCUT2D eigenvalue weighted by Gasteiger charge is 2.37. The minimum Gasteiger partial charge on any atom is -0.446 e. The van der Waals surface area contributed by atoms with E-state index in [-0.39, 0.29) is 23.2 Å². The average Bonchev–Trinajstić information content (AvgIpc) is 2.99. The van der Waals surface area contributed by atoms with Crippen molar-refractivity contribution in [2.75, 3.05) is 13.2 Å². The van der Waals surface area contributed by atoms with E-state index < -0.39 is 8.32 Å². The van der Waals surface area contributed by atoms with Gasteiger partial charge in [0, 0.05) is 12.6 Å². The zero-order chi connectivity index (χ0) is 21.5. The number of hydrogen-bond acceptors (Lipinski definition) is 4. The molecule has 1 amide bonds. The van der Waals surface area contributed by atoms with Crippen LogP contribution in [0.3, 0.4) is 0 Å². The van der Waals surface area contributed by atoms with Crippen molar-refractivity contribution in [3.05, 3.63) is 35.9 Å². The van der Waals surface area contributed by atoms with Gasteiger partial charge in [0.2, 0.25) is 0 Å². The quantitative estimate of drug-likeness (QED) is 0.378. The summed E-state index contributed by atoms with van der Waals surface area (Å²) in [4.78, 5) is 12.2. The topological polar surface area (TPSA) is 50.8 Å². The van der Waals surface area contributed by atoms with Crippen molar-refractivity contribution in [1.82, 2.24) is 10.4 Å². The van der Waals surface area contributed by atoms with Gasteiger partial charge in [-0.05, 0) is 55.8 Å². The van der Waals surface area contributed by atoms with Crippen molar-refractivity contribution in [2.45, 2.75) is 90.0 Å². The van der Waals surface area contributed by atoms with E-state index >= 15 is 0 Å². The van der Waals surface area contributed by atoms with Crippen LogP contribution in [0.4, 0.5) is 4.79 Å². The van der Waals surface area contributed by atoms with Crippen LogP contribution in [0.1, 0.15) is 58.9 Å². The van der Waals surface area contributed by atoms with Gasteiger partial charge in [-0.25, -0.2) is 15.2 Å². The summed E-state index contributed by atoms with van der Waals surface area (Å²) in [6.07, 6.45) is 4.70. The van der Waals surface area contributed by atoms with Crippen LogP contribution in [0.2, 0.25) is 18.1 Å². The second-order valence-electron chi connectivity index (χ2n) is 9.63. The molecule has 1 aliphatic rings. The molecule has 2 rings (SSSR count). The Kier molecular flexibility index (Phi) is 8.73. The summed E-state index contributed by atoms with van der Waals surface area (Å²) in [5, 5.41) is 1.97. The number of hydrazine groups is 1. The van der Waals surface area contributed by atoms with Gasteiger partial charge in [0.1, 0.15) is 6.61 Å². The number of cyclic esters (lactones) is 1. The zero-order valence-electron chi connectivity index (χ0n) is 19.2. The molecule has 1 heterocycles. The minimum atomic E-state index is -1.66. The molecule has 6 heteroatoms. The molecule has 0 spiro atoms. The molecule has 5 nitrogen and oxygen atoms in total. The van der Waals surface area contributed by atoms with E-state index in [4.69, 9.17) is 9.16 Å². The molecular formula is C23H40N2O3Si. The van der Waals surface area contributed by atoms with Crippen LogP contribution in [0.15, 0.2) is 30.3 Å². The molecule has 0 unspecified atom stereocenters. The van der Waals surface area contributed by atoms with Gasteiger partial charge < -0.3 is 9.16 Å². The first kappa shape index (κ1) is 23.9. The number of carbonyl (C=O) groups is 1. The molecular weight excluding hydrogens is 380 g/mol. The monoisotopic (exact) mass is 420 g/mol. The van der Waals surface area contributed by atoms with E-state index in [0.717, 1.165) is 38.7 Å². The number of nitrogens with zero attached hydrogens (tertiary/aromatic N) is 1. The Balaban J connectivity index is 1.78. The third-order valence-corrected chi connectivity index (χ3v) is 10.8. The van der Waals surface area contributed by atoms with Crippen molar-refractivity contribution in [2.24, 2.45) is 0 Å². The van der Waals surface area contributed by atoms with Gasteiger partial charge in [0.25, 0.3) is 0 Å². The number of amides is 1. The summed E-state index contributed by atoms with van der Waals surface area (Å²) < 4.78 is 11.6. The van der Waals surface area contributed by atoms with Crippen molar-refractivity contribution in [3.8, 4) is 0 Å². The highest BCUT2D eigenvalue weighted by atomic mass is 28.4. The first-order valence-corrected chi connectivity index (χ1v) is 13.9. The predicted octanol–water partition coefficient (Wildman–Crippen LogP) is 5.53. The Labute approximate surface area is 178 Å². The molecule has 1 saturated heterocycles. The zero-order valence-corrected chi connectivity index (χ0v) is 20.2. The van der Waals surface area contributed by atoms with E-state index in [2.05, 4.69) is 58.3 Å². The Bertz CT molecular complexity index is 631. The number of rotatable bonds is 11. The molecule has 29 heavy (non-hydrogen) atoms. The summed E-state index contributed by atoms with van der Waals surface area (Å²) in [6.45, 7) is 14.9. The number of unbranched alkanes of at least 4 members (excludes halogenated alkanes) is 1. The molecule has 1 aliphatic heterocycles. The Morgan fingerprint density at radius 1 is 1.24 bits per heavy atom. The second kappa shape index (κ2) is 10.6. The molecule has 1 N–H and O–H groups in total. The van der Waals surface area contributed by atoms with Crippen molar-refractivity contribution in [3.63, 3.8) is 0 Å². The van der Waals surface area contributed by atoms with Gasteiger partial charge in [-0.3, -0.25) is 0 Å². The molecule has 0 aliphatic carbocycles. The number of ether oxygens (including phenoxy) is 1. The van der Waals surface area contributed by atoms with Crippen LogP contribution in [-0.4, -0.2) is 44.7 Å². The van der Waals surface area contributed by atoms with E-state index in [9.17, 15) is 4.79 Å². The summed E-state index contributed by atoms with van der Waals surface area (Å²) in [5.41, 5.74) is 4.66.